The zero-order valence-electron chi connectivity index (χ0n) is 10.3. The monoisotopic (exact) mass is 267 g/mol. The standard InChI is InChI=1S/C12H14FN3O3/c13-9-3-4-10(11(7-9)16(18)19)14-8-12(17)15-5-1-2-6-15/h3-4,7,14H,1-2,5-6,8H2. The molecule has 0 radical (unpaired) electrons. The van der Waals surface area contributed by atoms with Crippen LogP contribution in [0.4, 0.5) is 15.8 Å². The van der Waals surface area contributed by atoms with Crippen molar-refractivity contribution in [2.75, 3.05) is 25.0 Å². The molecule has 1 N–H and O–H groups in total. The van der Waals surface area contributed by atoms with E-state index in [0.717, 1.165) is 38.1 Å². The number of hydrogen-bond acceptors (Lipinski definition) is 4. The van der Waals surface area contributed by atoms with Crippen LogP contribution in [0.3, 0.4) is 0 Å². The highest BCUT2D eigenvalue weighted by atomic mass is 19.1. The Morgan fingerprint density at radius 3 is 2.74 bits per heavy atom. The maximum absolute atomic E-state index is 12.9. The number of halogens is 1. The number of nitro groups is 1. The molecule has 0 unspecified atom stereocenters. The van der Waals surface area contributed by atoms with E-state index in [2.05, 4.69) is 5.32 Å². The van der Waals surface area contributed by atoms with Crippen LogP contribution in [0.2, 0.25) is 0 Å². The van der Waals surface area contributed by atoms with Gasteiger partial charge >= 0.3 is 0 Å². The number of nitro benzene ring substituents is 1. The smallest absolute Gasteiger partial charge is 0.295 e. The zero-order chi connectivity index (χ0) is 13.8. The van der Waals surface area contributed by atoms with Crippen LogP contribution in [0, 0.1) is 15.9 Å². The van der Waals surface area contributed by atoms with Gasteiger partial charge in [-0.3, -0.25) is 14.9 Å². The van der Waals surface area contributed by atoms with Gasteiger partial charge in [0.25, 0.3) is 5.69 Å². The molecule has 1 saturated heterocycles. The predicted molar refractivity (Wildman–Crippen MR) is 67.4 cm³/mol. The van der Waals surface area contributed by atoms with Crippen LogP contribution >= 0.6 is 0 Å². The molecule has 1 aromatic carbocycles. The molecule has 0 bridgehead atoms. The predicted octanol–water partition coefficient (Wildman–Crippen LogP) is 1.77. The van der Waals surface area contributed by atoms with Crippen LogP contribution in [0.5, 0.6) is 0 Å². The van der Waals surface area contributed by atoms with Crippen molar-refractivity contribution in [1.29, 1.82) is 0 Å². The lowest BCUT2D eigenvalue weighted by molar-refractivity contribution is -0.384. The second kappa shape index (κ2) is 5.64. The molecule has 0 atom stereocenters. The number of rotatable bonds is 4. The maximum Gasteiger partial charge on any atom is 0.295 e. The lowest BCUT2D eigenvalue weighted by Crippen LogP contribution is -2.33. The molecule has 2 rings (SSSR count). The van der Waals surface area contributed by atoms with Crippen LogP contribution < -0.4 is 5.32 Å². The van der Waals surface area contributed by atoms with Gasteiger partial charge in [-0.2, -0.15) is 0 Å². The average molecular weight is 267 g/mol. The van der Waals surface area contributed by atoms with Crippen molar-refractivity contribution in [3.05, 3.63) is 34.1 Å². The number of nitrogens with one attached hydrogen (secondary N) is 1. The number of benzene rings is 1. The third-order valence-electron chi connectivity index (χ3n) is 3.05. The van der Waals surface area contributed by atoms with Crippen molar-refractivity contribution in [3.8, 4) is 0 Å². The number of carbonyl (C=O) groups excluding carboxylic acids is 1. The lowest BCUT2D eigenvalue weighted by atomic mass is 10.2. The molecule has 1 amide bonds. The van der Waals surface area contributed by atoms with Crippen LogP contribution in [-0.4, -0.2) is 35.4 Å². The minimum atomic E-state index is -0.678. The molecular weight excluding hydrogens is 253 g/mol. The second-order valence-corrected chi connectivity index (χ2v) is 4.36. The summed E-state index contributed by atoms with van der Waals surface area (Å²) in [5, 5.41) is 13.5. The van der Waals surface area contributed by atoms with Crippen molar-refractivity contribution >= 4 is 17.3 Å². The fourth-order valence-electron chi connectivity index (χ4n) is 2.05. The molecule has 0 saturated carbocycles. The average Bonchev–Trinajstić information content (AvgIpc) is 2.90. The van der Waals surface area contributed by atoms with E-state index in [9.17, 15) is 19.3 Å². The second-order valence-electron chi connectivity index (χ2n) is 4.36. The van der Waals surface area contributed by atoms with E-state index in [4.69, 9.17) is 0 Å². The number of hydrogen-bond donors (Lipinski definition) is 1. The summed E-state index contributed by atoms with van der Waals surface area (Å²) in [6.45, 7) is 1.44. The number of amides is 1. The van der Waals surface area contributed by atoms with E-state index in [1.807, 2.05) is 0 Å². The van der Waals surface area contributed by atoms with Crippen molar-refractivity contribution in [3.63, 3.8) is 0 Å². The van der Waals surface area contributed by atoms with E-state index in [0.29, 0.717) is 0 Å². The van der Waals surface area contributed by atoms with Gasteiger partial charge in [0.1, 0.15) is 11.5 Å². The summed E-state index contributed by atoms with van der Waals surface area (Å²) in [5.74, 6) is -0.778. The first-order valence-electron chi connectivity index (χ1n) is 6.03. The minimum Gasteiger partial charge on any atom is -0.371 e. The molecule has 7 heteroatoms. The van der Waals surface area contributed by atoms with E-state index < -0.39 is 10.7 Å². The normalized spacial score (nSPS) is 14.5. The molecular formula is C12H14FN3O3. The SMILES string of the molecule is O=C(CNc1ccc(F)cc1[N+](=O)[O-])N1CCCC1. The van der Waals surface area contributed by atoms with Gasteiger partial charge in [0.15, 0.2) is 0 Å². The third kappa shape index (κ3) is 3.18. The Morgan fingerprint density at radius 1 is 1.42 bits per heavy atom. The summed E-state index contributed by atoms with van der Waals surface area (Å²) in [6.07, 6.45) is 1.98. The summed E-state index contributed by atoms with van der Waals surface area (Å²) >= 11 is 0. The summed E-state index contributed by atoms with van der Waals surface area (Å²) in [7, 11) is 0. The van der Waals surface area contributed by atoms with Gasteiger partial charge in [-0.15, -0.1) is 0 Å². The van der Waals surface area contributed by atoms with Crippen molar-refractivity contribution in [2.24, 2.45) is 0 Å². The number of likely N-dealkylation sites (tertiary alicyclic amines) is 1. The summed E-state index contributed by atoms with van der Waals surface area (Å²) in [6, 6.07) is 3.23. The highest BCUT2D eigenvalue weighted by Crippen LogP contribution is 2.24. The third-order valence-corrected chi connectivity index (χ3v) is 3.05. The van der Waals surface area contributed by atoms with Crippen LogP contribution in [0.15, 0.2) is 18.2 Å². The van der Waals surface area contributed by atoms with E-state index in [-0.39, 0.29) is 23.8 Å². The molecule has 1 aliphatic rings. The van der Waals surface area contributed by atoms with Crippen molar-refractivity contribution < 1.29 is 14.1 Å². The molecule has 102 valence electrons. The van der Waals surface area contributed by atoms with Crippen molar-refractivity contribution in [1.82, 2.24) is 4.90 Å². The van der Waals surface area contributed by atoms with Crippen LogP contribution in [0.1, 0.15) is 12.8 Å². The first-order chi connectivity index (χ1) is 9.08. The van der Waals surface area contributed by atoms with E-state index in [1.54, 1.807) is 4.90 Å². The molecule has 0 aromatic heterocycles. The molecule has 1 aliphatic heterocycles. The summed E-state index contributed by atoms with van der Waals surface area (Å²) in [4.78, 5) is 23.6. The van der Waals surface area contributed by atoms with Gasteiger partial charge in [0.2, 0.25) is 5.91 Å². The number of anilines is 1. The fraction of sp³-hybridized carbons (Fsp3) is 0.417. The van der Waals surface area contributed by atoms with Gasteiger partial charge < -0.3 is 10.2 Å². The molecule has 0 aliphatic carbocycles. The van der Waals surface area contributed by atoms with Gasteiger partial charge in [-0.25, -0.2) is 4.39 Å². The quantitative estimate of drug-likeness (QED) is 0.666. The fourth-order valence-corrected chi connectivity index (χ4v) is 2.05. The van der Waals surface area contributed by atoms with Gasteiger partial charge in [-0.1, -0.05) is 0 Å². The van der Waals surface area contributed by atoms with Crippen LogP contribution in [0.25, 0.3) is 0 Å². The Balaban J connectivity index is 2.02. The molecule has 19 heavy (non-hydrogen) atoms. The Kier molecular flexibility index (Phi) is 3.94. The minimum absolute atomic E-state index is 0.0214. The van der Waals surface area contributed by atoms with Gasteiger partial charge in [0, 0.05) is 13.1 Å². The van der Waals surface area contributed by atoms with E-state index in [1.165, 1.54) is 6.07 Å². The Hall–Kier alpha value is -2.18. The molecule has 0 spiro atoms. The lowest BCUT2D eigenvalue weighted by Gasteiger charge is -2.15. The Bertz CT molecular complexity index is 501. The first-order valence-corrected chi connectivity index (χ1v) is 6.03. The largest absolute Gasteiger partial charge is 0.371 e. The highest BCUT2D eigenvalue weighted by molar-refractivity contribution is 5.82. The topological polar surface area (TPSA) is 75.5 Å². The number of carbonyl (C=O) groups is 1. The Labute approximate surface area is 109 Å². The zero-order valence-corrected chi connectivity index (χ0v) is 10.3. The molecule has 1 fully saturated rings. The van der Waals surface area contributed by atoms with Gasteiger partial charge in [-0.05, 0) is 25.0 Å². The molecule has 1 heterocycles. The van der Waals surface area contributed by atoms with Crippen LogP contribution in [-0.2, 0) is 4.79 Å². The summed E-state index contributed by atoms with van der Waals surface area (Å²) in [5.41, 5.74) is -0.215. The number of nitrogens with zero attached hydrogens (tertiary/aromatic N) is 2. The first kappa shape index (κ1) is 13.3. The highest BCUT2D eigenvalue weighted by Gasteiger charge is 2.19. The van der Waals surface area contributed by atoms with Crippen molar-refractivity contribution in [2.45, 2.75) is 12.8 Å². The summed E-state index contributed by atoms with van der Waals surface area (Å²) < 4.78 is 12.9. The maximum atomic E-state index is 12.9. The Morgan fingerprint density at radius 2 is 2.11 bits per heavy atom. The van der Waals surface area contributed by atoms with Gasteiger partial charge in [0.05, 0.1) is 17.5 Å². The molecule has 6 nitrogen and oxygen atoms in total. The molecule has 1 aromatic rings. The van der Waals surface area contributed by atoms with E-state index >= 15 is 0 Å².